The second-order valence-corrected chi connectivity index (χ2v) is 7.75. The Kier molecular flexibility index (Phi) is 6.80. The first-order valence-electron chi connectivity index (χ1n) is 9.94. The van der Waals surface area contributed by atoms with Gasteiger partial charge in [0.05, 0.1) is 25.3 Å². The summed E-state index contributed by atoms with van der Waals surface area (Å²) in [5.41, 5.74) is 1.47. The van der Waals surface area contributed by atoms with Crippen molar-refractivity contribution in [1.82, 2.24) is 20.4 Å². The molecule has 0 radical (unpaired) electrons. The third kappa shape index (κ3) is 5.79. The topological polar surface area (TPSA) is 99.4 Å². The third-order valence-electron chi connectivity index (χ3n) is 4.87. The minimum absolute atomic E-state index is 0.173. The highest BCUT2D eigenvalue weighted by Gasteiger charge is 2.37. The number of nitrogens with one attached hydrogen (secondary N) is 1. The molecule has 3 heterocycles. The van der Waals surface area contributed by atoms with E-state index in [2.05, 4.69) is 25.0 Å². The van der Waals surface area contributed by atoms with Gasteiger partial charge in [-0.2, -0.15) is 18.2 Å². The van der Waals surface area contributed by atoms with E-state index in [-0.39, 0.29) is 23.9 Å². The van der Waals surface area contributed by atoms with E-state index in [0.29, 0.717) is 36.3 Å². The van der Waals surface area contributed by atoms with Crippen LogP contribution in [0.15, 0.2) is 41.1 Å². The molecular weight excluding hydrogens is 465 g/mol. The van der Waals surface area contributed by atoms with Gasteiger partial charge in [-0.1, -0.05) is 28.9 Å². The average molecular weight is 483 g/mol. The van der Waals surface area contributed by atoms with Crippen LogP contribution in [0.4, 0.5) is 13.2 Å². The zero-order valence-corrected chi connectivity index (χ0v) is 17.8. The lowest BCUT2D eigenvalue weighted by Gasteiger charge is -2.14. The SMILES string of the molecule is O=C(NCc1nc(C(F)(F)F)no1)c1cnc(OC[C@@H]2CCOC2)c(-c2ccc(Cl)cc2)c1. The van der Waals surface area contributed by atoms with Crippen molar-refractivity contribution in [2.24, 2.45) is 5.92 Å². The zero-order valence-electron chi connectivity index (χ0n) is 17.1. The van der Waals surface area contributed by atoms with Crippen LogP contribution in [0.2, 0.25) is 5.02 Å². The molecule has 0 aliphatic carbocycles. The first kappa shape index (κ1) is 23.0. The van der Waals surface area contributed by atoms with Gasteiger partial charge in [0.2, 0.25) is 11.8 Å². The van der Waals surface area contributed by atoms with Crippen LogP contribution >= 0.6 is 11.6 Å². The molecule has 1 aromatic carbocycles. The number of rotatable bonds is 7. The van der Waals surface area contributed by atoms with E-state index in [0.717, 1.165) is 12.0 Å². The minimum Gasteiger partial charge on any atom is -0.477 e. The number of hydrogen-bond acceptors (Lipinski definition) is 7. The van der Waals surface area contributed by atoms with Gasteiger partial charge in [-0.3, -0.25) is 4.79 Å². The van der Waals surface area contributed by atoms with Crippen LogP contribution < -0.4 is 10.1 Å². The van der Waals surface area contributed by atoms with E-state index in [9.17, 15) is 18.0 Å². The number of carbonyl (C=O) groups is 1. The van der Waals surface area contributed by atoms with Gasteiger partial charge < -0.3 is 19.3 Å². The van der Waals surface area contributed by atoms with Crippen LogP contribution in [0.25, 0.3) is 11.1 Å². The van der Waals surface area contributed by atoms with E-state index in [1.165, 1.54) is 6.20 Å². The maximum Gasteiger partial charge on any atom is 0.455 e. The highest BCUT2D eigenvalue weighted by atomic mass is 35.5. The van der Waals surface area contributed by atoms with Crippen LogP contribution in [-0.4, -0.2) is 40.9 Å². The highest BCUT2D eigenvalue weighted by molar-refractivity contribution is 6.30. The van der Waals surface area contributed by atoms with Crippen molar-refractivity contribution in [1.29, 1.82) is 0 Å². The molecule has 0 unspecified atom stereocenters. The Balaban J connectivity index is 1.51. The Hall–Kier alpha value is -3.18. The first-order chi connectivity index (χ1) is 15.8. The fourth-order valence-corrected chi connectivity index (χ4v) is 3.26. The molecule has 1 N–H and O–H groups in total. The summed E-state index contributed by atoms with van der Waals surface area (Å²) in [6, 6.07) is 8.52. The summed E-state index contributed by atoms with van der Waals surface area (Å²) < 4.78 is 53.6. The predicted molar refractivity (Wildman–Crippen MR) is 110 cm³/mol. The molecule has 2 aromatic heterocycles. The summed E-state index contributed by atoms with van der Waals surface area (Å²) in [5.74, 6) is -1.77. The molecule has 1 fully saturated rings. The lowest BCUT2D eigenvalue weighted by Crippen LogP contribution is -2.23. The second-order valence-electron chi connectivity index (χ2n) is 7.32. The maximum absolute atomic E-state index is 12.6. The number of pyridine rings is 1. The highest BCUT2D eigenvalue weighted by Crippen LogP contribution is 2.31. The summed E-state index contributed by atoms with van der Waals surface area (Å²) in [4.78, 5) is 20.1. The lowest BCUT2D eigenvalue weighted by atomic mass is 10.0. The van der Waals surface area contributed by atoms with Crippen molar-refractivity contribution in [3.05, 3.63) is 58.8 Å². The summed E-state index contributed by atoms with van der Waals surface area (Å²) in [5, 5.41) is 5.84. The zero-order chi connectivity index (χ0) is 23.4. The number of nitrogens with zero attached hydrogens (tertiary/aromatic N) is 3. The summed E-state index contributed by atoms with van der Waals surface area (Å²) >= 11 is 5.98. The van der Waals surface area contributed by atoms with Gasteiger partial charge in [0.25, 0.3) is 11.7 Å². The van der Waals surface area contributed by atoms with Crippen molar-refractivity contribution in [2.45, 2.75) is 19.1 Å². The standard InChI is InChI=1S/C21H18ClF3N4O4/c22-15-3-1-13(2-4-15)16-7-14(8-27-19(16)32-11-12-5-6-31-10-12)18(30)26-9-17-28-20(29-33-17)21(23,24)25/h1-4,7-8,12H,5-6,9-11H2,(H,26,30)/t12-/m1/s1. The normalized spacial score (nSPS) is 16.1. The number of alkyl halides is 3. The van der Waals surface area contributed by atoms with E-state index in [1.54, 1.807) is 30.3 Å². The second kappa shape index (κ2) is 9.75. The largest absolute Gasteiger partial charge is 0.477 e. The molecule has 0 saturated carbocycles. The van der Waals surface area contributed by atoms with Gasteiger partial charge in [0, 0.05) is 29.3 Å². The molecule has 1 aliphatic rings. The number of aromatic nitrogens is 3. The molecular formula is C21H18ClF3N4O4. The van der Waals surface area contributed by atoms with Gasteiger partial charge >= 0.3 is 6.18 Å². The van der Waals surface area contributed by atoms with Crippen molar-refractivity contribution in [3.63, 3.8) is 0 Å². The van der Waals surface area contributed by atoms with Crippen molar-refractivity contribution in [2.75, 3.05) is 19.8 Å². The number of carbonyl (C=O) groups excluding carboxylic acids is 1. The molecule has 12 heteroatoms. The number of benzene rings is 1. The summed E-state index contributed by atoms with van der Waals surface area (Å²) in [7, 11) is 0. The van der Waals surface area contributed by atoms with Crippen LogP contribution in [0.3, 0.4) is 0 Å². The summed E-state index contributed by atoms with van der Waals surface area (Å²) in [6.45, 7) is 1.34. The van der Waals surface area contributed by atoms with E-state index in [1.807, 2.05) is 0 Å². The van der Waals surface area contributed by atoms with Gasteiger partial charge in [0.15, 0.2) is 0 Å². The van der Waals surface area contributed by atoms with Crippen LogP contribution in [0.5, 0.6) is 5.88 Å². The fourth-order valence-electron chi connectivity index (χ4n) is 3.14. The quantitative estimate of drug-likeness (QED) is 0.540. The Labute approximate surface area is 191 Å². The molecule has 1 saturated heterocycles. The molecule has 0 spiro atoms. The van der Waals surface area contributed by atoms with E-state index in [4.69, 9.17) is 21.1 Å². The average Bonchev–Trinajstić information content (AvgIpc) is 3.48. The predicted octanol–water partition coefficient (Wildman–Crippen LogP) is 4.15. The van der Waals surface area contributed by atoms with Crippen LogP contribution in [-0.2, 0) is 17.5 Å². The number of halogens is 4. The van der Waals surface area contributed by atoms with Gasteiger partial charge in [-0.15, -0.1) is 0 Å². The van der Waals surface area contributed by atoms with Gasteiger partial charge in [-0.05, 0) is 30.2 Å². The molecule has 33 heavy (non-hydrogen) atoms. The van der Waals surface area contributed by atoms with E-state index >= 15 is 0 Å². The molecule has 1 atom stereocenters. The molecule has 4 rings (SSSR count). The molecule has 8 nitrogen and oxygen atoms in total. The van der Waals surface area contributed by atoms with Crippen molar-refractivity contribution in [3.8, 4) is 17.0 Å². The Morgan fingerprint density at radius 2 is 2.06 bits per heavy atom. The van der Waals surface area contributed by atoms with Gasteiger partial charge in [0.1, 0.15) is 0 Å². The maximum atomic E-state index is 12.6. The first-order valence-corrected chi connectivity index (χ1v) is 10.3. The van der Waals surface area contributed by atoms with Crippen molar-refractivity contribution < 1.29 is 32.0 Å². The molecule has 3 aromatic rings. The lowest BCUT2D eigenvalue weighted by molar-refractivity contribution is -0.146. The van der Waals surface area contributed by atoms with Crippen molar-refractivity contribution >= 4 is 17.5 Å². The summed E-state index contributed by atoms with van der Waals surface area (Å²) in [6.07, 6.45) is -2.52. The molecule has 0 bridgehead atoms. The molecule has 1 amide bonds. The Morgan fingerprint density at radius 1 is 1.27 bits per heavy atom. The Bertz CT molecular complexity index is 1120. The fraction of sp³-hybridized carbons (Fsp3) is 0.333. The number of amides is 1. The molecule has 174 valence electrons. The van der Waals surface area contributed by atoms with Gasteiger partial charge in [-0.25, -0.2) is 4.98 Å². The number of hydrogen-bond donors (Lipinski definition) is 1. The smallest absolute Gasteiger partial charge is 0.455 e. The number of ether oxygens (including phenoxy) is 2. The minimum atomic E-state index is -4.73. The Morgan fingerprint density at radius 3 is 2.73 bits per heavy atom. The van der Waals surface area contributed by atoms with E-state index < -0.39 is 17.9 Å². The van der Waals surface area contributed by atoms with Crippen LogP contribution in [0, 0.1) is 5.92 Å². The monoisotopic (exact) mass is 482 g/mol. The van der Waals surface area contributed by atoms with Crippen LogP contribution in [0.1, 0.15) is 28.5 Å². The molecule has 1 aliphatic heterocycles. The third-order valence-corrected chi connectivity index (χ3v) is 5.12.